The summed E-state index contributed by atoms with van der Waals surface area (Å²) in [6, 6.07) is 17.4. The van der Waals surface area contributed by atoms with Crippen molar-refractivity contribution in [2.75, 3.05) is 0 Å². The highest BCUT2D eigenvalue weighted by Crippen LogP contribution is 2.31. The number of carboxylic acid groups (broad SMARTS) is 1. The molecule has 0 amide bonds. The fourth-order valence-corrected chi connectivity index (χ4v) is 3.52. The zero-order valence-electron chi connectivity index (χ0n) is 14.4. The summed E-state index contributed by atoms with van der Waals surface area (Å²) in [5.41, 5.74) is 6.31. The summed E-state index contributed by atoms with van der Waals surface area (Å²) in [7, 11) is 0. The Morgan fingerprint density at radius 3 is 2.58 bits per heavy atom. The number of hydrogen-bond acceptors (Lipinski definition) is 2. The van der Waals surface area contributed by atoms with Crippen molar-refractivity contribution < 1.29 is 9.90 Å². The molecule has 0 aliphatic rings. The second-order valence-corrected chi connectivity index (χ2v) is 6.90. The lowest BCUT2D eigenvalue weighted by Gasteiger charge is -2.11. The fraction of sp³-hybridized carbons (Fsp3) is 0.0909. The van der Waals surface area contributed by atoms with Crippen LogP contribution in [0, 0.1) is 13.8 Å². The average molecular weight is 362 g/mol. The molecule has 0 radical (unpaired) electrons. The van der Waals surface area contributed by atoms with Gasteiger partial charge in [-0.2, -0.15) is 0 Å². The lowest BCUT2D eigenvalue weighted by atomic mass is 9.96. The third kappa shape index (κ3) is 2.71. The van der Waals surface area contributed by atoms with Crippen LogP contribution in [0.4, 0.5) is 0 Å². The number of hydrogen-bond donors (Lipinski definition) is 1. The number of aromatic nitrogens is 1. The van der Waals surface area contributed by atoms with Crippen molar-refractivity contribution in [2.24, 2.45) is 0 Å². The van der Waals surface area contributed by atoms with Gasteiger partial charge in [0, 0.05) is 15.8 Å². The molecule has 3 aromatic carbocycles. The van der Waals surface area contributed by atoms with Crippen LogP contribution >= 0.6 is 11.6 Å². The summed E-state index contributed by atoms with van der Waals surface area (Å²) in [6.45, 7) is 4.21. The minimum absolute atomic E-state index is 0.167. The van der Waals surface area contributed by atoms with Crippen LogP contribution in [0.5, 0.6) is 0 Å². The minimum atomic E-state index is -1.01. The van der Waals surface area contributed by atoms with E-state index in [0.29, 0.717) is 15.9 Å². The predicted octanol–water partition coefficient (Wildman–Crippen LogP) is 6.02. The van der Waals surface area contributed by atoms with Gasteiger partial charge in [0.2, 0.25) is 0 Å². The van der Waals surface area contributed by atoms with Crippen molar-refractivity contribution >= 4 is 39.4 Å². The molecule has 0 aliphatic heterocycles. The van der Waals surface area contributed by atoms with Crippen LogP contribution in [0.15, 0.2) is 54.6 Å². The summed E-state index contributed by atoms with van der Waals surface area (Å²) >= 11 is 6.08. The quantitative estimate of drug-likeness (QED) is 0.444. The lowest BCUT2D eigenvalue weighted by Crippen LogP contribution is -1.98. The Bertz CT molecular complexity index is 1200. The second kappa shape index (κ2) is 6.11. The zero-order chi connectivity index (χ0) is 18.4. The molecule has 3 nitrogen and oxygen atoms in total. The Balaban J connectivity index is 1.98. The standard InChI is InChI=1S/C22H16ClNO2/c1-12-4-3-5-17(13(12)2)14-6-7-15-8-18-19(22(25)26)10-16(23)11-21(18)24-20(15)9-14/h3-11H,1-2H3,(H,25,26). The first-order valence-corrected chi connectivity index (χ1v) is 8.66. The molecule has 1 N–H and O–H groups in total. The Hall–Kier alpha value is -2.91. The van der Waals surface area contributed by atoms with E-state index in [2.05, 4.69) is 37.0 Å². The molecule has 0 saturated carbocycles. The third-order valence-corrected chi connectivity index (χ3v) is 5.06. The van der Waals surface area contributed by atoms with E-state index in [1.54, 1.807) is 6.07 Å². The van der Waals surface area contributed by atoms with Gasteiger partial charge in [-0.15, -0.1) is 0 Å². The van der Waals surface area contributed by atoms with Crippen LogP contribution in [0.3, 0.4) is 0 Å². The van der Waals surface area contributed by atoms with Gasteiger partial charge in [0.05, 0.1) is 16.6 Å². The second-order valence-electron chi connectivity index (χ2n) is 6.47. The van der Waals surface area contributed by atoms with E-state index in [1.165, 1.54) is 22.8 Å². The summed E-state index contributed by atoms with van der Waals surface area (Å²) < 4.78 is 0. The number of carboxylic acids is 1. The summed E-state index contributed by atoms with van der Waals surface area (Å²) in [5.74, 6) is -1.01. The molecule has 4 aromatic rings. The lowest BCUT2D eigenvalue weighted by molar-refractivity contribution is 0.0699. The molecule has 0 aliphatic carbocycles. The molecule has 128 valence electrons. The van der Waals surface area contributed by atoms with Crippen LogP contribution in [0.25, 0.3) is 32.9 Å². The van der Waals surface area contributed by atoms with Crippen LogP contribution in [0.1, 0.15) is 21.5 Å². The van der Waals surface area contributed by atoms with Gasteiger partial charge in [0.15, 0.2) is 0 Å². The Labute approximate surface area is 155 Å². The first-order chi connectivity index (χ1) is 12.4. The van der Waals surface area contributed by atoms with Gasteiger partial charge >= 0.3 is 5.97 Å². The van der Waals surface area contributed by atoms with E-state index >= 15 is 0 Å². The van der Waals surface area contributed by atoms with E-state index in [0.717, 1.165) is 16.5 Å². The van der Waals surface area contributed by atoms with Crippen LogP contribution in [-0.4, -0.2) is 16.1 Å². The van der Waals surface area contributed by atoms with Gasteiger partial charge in [0.1, 0.15) is 0 Å². The van der Waals surface area contributed by atoms with Gasteiger partial charge in [-0.05, 0) is 60.4 Å². The molecular formula is C22H16ClNO2. The van der Waals surface area contributed by atoms with Crippen LogP contribution in [-0.2, 0) is 0 Å². The maximum atomic E-state index is 11.5. The summed E-state index contributed by atoms with van der Waals surface area (Å²) in [5, 5.41) is 11.3. The van der Waals surface area contributed by atoms with Crippen LogP contribution < -0.4 is 0 Å². The molecule has 0 fully saturated rings. The highest BCUT2D eigenvalue weighted by atomic mass is 35.5. The number of nitrogens with zero attached hydrogens (tertiary/aromatic N) is 1. The van der Waals surface area contributed by atoms with E-state index in [1.807, 2.05) is 24.3 Å². The largest absolute Gasteiger partial charge is 0.478 e. The van der Waals surface area contributed by atoms with E-state index in [9.17, 15) is 9.90 Å². The maximum absolute atomic E-state index is 11.5. The molecule has 1 heterocycles. The molecule has 0 unspecified atom stereocenters. The number of aromatic carboxylic acids is 1. The van der Waals surface area contributed by atoms with Gasteiger partial charge in [-0.3, -0.25) is 0 Å². The Kier molecular flexibility index (Phi) is 3.89. The van der Waals surface area contributed by atoms with Gasteiger partial charge < -0.3 is 5.11 Å². The molecule has 0 atom stereocenters. The number of halogens is 1. The molecule has 0 bridgehead atoms. The Morgan fingerprint density at radius 2 is 1.81 bits per heavy atom. The molecule has 0 spiro atoms. The minimum Gasteiger partial charge on any atom is -0.478 e. The summed E-state index contributed by atoms with van der Waals surface area (Å²) in [4.78, 5) is 16.2. The highest BCUT2D eigenvalue weighted by molar-refractivity contribution is 6.32. The zero-order valence-corrected chi connectivity index (χ0v) is 15.1. The SMILES string of the molecule is Cc1cccc(-c2ccc3cc4c(C(=O)O)cc(Cl)cc4nc3c2)c1C. The first kappa shape index (κ1) is 16.6. The predicted molar refractivity (Wildman–Crippen MR) is 106 cm³/mol. The van der Waals surface area contributed by atoms with Crippen LogP contribution in [0.2, 0.25) is 5.02 Å². The molecular weight excluding hydrogens is 346 g/mol. The number of fused-ring (bicyclic) bond motifs is 2. The number of rotatable bonds is 2. The van der Waals surface area contributed by atoms with E-state index < -0.39 is 5.97 Å². The smallest absolute Gasteiger partial charge is 0.336 e. The van der Waals surface area contributed by atoms with Crippen molar-refractivity contribution in [1.29, 1.82) is 0 Å². The van der Waals surface area contributed by atoms with Crippen molar-refractivity contribution in [3.63, 3.8) is 0 Å². The average Bonchev–Trinajstić information content (AvgIpc) is 2.61. The monoisotopic (exact) mass is 361 g/mol. The molecule has 0 saturated heterocycles. The number of carbonyl (C=O) groups is 1. The fourth-order valence-electron chi connectivity index (χ4n) is 3.30. The first-order valence-electron chi connectivity index (χ1n) is 8.28. The van der Waals surface area contributed by atoms with Gasteiger partial charge in [0.25, 0.3) is 0 Å². The Morgan fingerprint density at radius 1 is 1.00 bits per heavy atom. The van der Waals surface area contributed by atoms with Gasteiger partial charge in [-0.1, -0.05) is 41.9 Å². The number of aryl methyl sites for hydroxylation is 1. The van der Waals surface area contributed by atoms with E-state index in [4.69, 9.17) is 11.6 Å². The molecule has 26 heavy (non-hydrogen) atoms. The van der Waals surface area contributed by atoms with Crippen molar-refractivity contribution in [1.82, 2.24) is 4.98 Å². The number of benzene rings is 3. The highest BCUT2D eigenvalue weighted by Gasteiger charge is 2.13. The summed E-state index contributed by atoms with van der Waals surface area (Å²) in [6.07, 6.45) is 0. The normalized spacial score (nSPS) is 11.2. The number of pyridine rings is 1. The van der Waals surface area contributed by atoms with Crippen molar-refractivity contribution in [3.8, 4) is 11.1 Å². The molecule has 4 heteroatoms. The van der Waals surface area contributed by atoms with Crippen molar-refractivity contribution in [3.05, 3.63) is 76.3 Å². The van der Waals surface area contributed by atoms with Gasteiger partial charge in [-0.25, -0.2) is 9.78 Å². The van der Waals surface area contributed by atoms with Crippen molar-refractivity contribution in [2.45, 2.75) is 13.8 Å². The topological polar surface area (TPSA) is 50.2 Å². The van der Waals surface area contributed by atoms with E-state index in [-0.39, 0.29) is 5.56 Å². The molecule has 1 aromatic heterocycles. The molecule has 4 rings (SSSR count). The third-order valence-electron chi connectivity index (χ3n) is 4.84. The maximum Gasteiger partial charge on any atom is 0.336 e.